The van der Waals surface area contributed by atoms with Crippen molar-refractivity contribution in [3.8, 4) is 0 Å². The first kappa shape index (κ1) is 9.88. The van der Waals surface area contributed by atoms with Gasteiger partial charge in [0.05, 0.1) is 0 Å². The molecule has 0 bridgehead atoms. The second kappa shape index (κ2) is 4.66. The van der Waals surface area contributed by atoms with Crippen LogP contribution >= 0.6 is 12.4 Å². The fraction of sp³-hybridized carbons (Fsp3) is 0.833. The molecule has 1 fully saturated rings. The van der Waals surface area contributed by atoms with Gasteiger partial charge in [-0.25, -0.2) is 0 Å². The topological polar surface area (TPSA) is 46.3 Å². The van der Waals surface area contributed by atoms with E-state index in [1.165, 1.54) is 12.8 Å². The van der Waals surface area contributed by atoms with E-state index in [4.69, 9.17) is 5.73 Å². The summed E-state index contributed by atoms with van der Waals surface area (Å²) in [7, 11) is 0. The lowest BCUT2D eigenvalue weighted by Crippen LogP contribution is -2.41. The van der Waals surface area contributed by atoms with E-state index < -0.39 is 0 Å². The Bertz CT molecular complexity index is 104. The van der Waals surface area contributed by atoms with Crippen molar-refractivity contribution in [1.29, 1.82) is 0 Å². The van der Waals surface area contributed by atoms with Crippen LogP contribution in [0.2, 0.25) is 0 Å². The third-order valence-electron chi connectivity index (χ3n) is 1.70. The van der Waals surface area contributed by atoms with Crippen molar-refractivity contribution in [2.24, 2.45) is 5.73 Å². The van der Waals surface area contributed by atoms with Gasteiger partial charge in [0, 0.05) is 13.1 Å². The normalized spacial score (nSPS) is 21.7. The van der Waals surface area contributed by atoms with Gasteiger partial charge in [-0.05, 0) is 12.8 Å². The highest BCUT2D eigenvalue weighted by Crippen LogP contribution is 2.07. The van der Waals surface area contributed by atoms with E-state index in [1.54, 1.807) is 0 Å². The first-order valence-electron chi connectivity index (χ1n) is 3.29. The molecule has 1 atom stereocenters. The second-order valence-corrected chi connectivity index (χ2v) is 2.37. The lowest BCUT2D eigenvalue weighted by atomic mass is 10.4. The van der Waals surface area contributed by atoms with Crippen LogP contribution in [0.25, 0.3) is 0 Å². The highest BCUT2D eigenvalue weighted by atomic mass is 35.5. The van der Waals surface area contributed by atoms with Crippen molar-refractivity contribution in [1.82, 2.24) is 4.90 Å². The number of hydrogen-bond acceptors (Lipinski definition) is 3. The second-order valence-electron chi connectivity index (χ2n) is 2.37. The average Bonchev–Trinajstić information content (AvgIpc) is 2.37. The Balaban J connectivity index is 0.000000810. The molecule has 1 heterocycles. The van der Waals surface area contributed by atoms with E-state index in [0.717, 1.165) is 19.4 Å². The number of rotatable bonds is 2. The molecule has 2 N–H and O–H groups in total. The number of halogens is 1. The van der Waals surface area contributed by atoms with Crippen LogP contribution in [-0.2, 0) is 4.79 Å². The molecule has 10 heavy (non-hydrogen) atoms. The molecular weight excluding hydrogens is 152 g/mol. The summed E-state index contributed by atoms with van der Waals surface area (Å²) in [6.07, 6.45) is 2.81. The molecule has 60 valence electrons. The zero-order valence-corrected chi connectivity index (χ0v) is 6.64. The van der Waals surface area contributed by atoms with Crippen molar-refractivity contribution < 1.29 is 4.79 Å². The molecule has 0 amide bonds. The molecule has 1 unspecified atom stereocenters. The minimum absolute atomic E-state index is 0. The molecule has 1 rings (SSSR count). The number of nitrogens with two attached hydrogens (primary N) is 1. The summed E-state index contributed by atoms with van der Waals surface area (Å²) >= 11 is 0. The Labute approximate surface area is 67.0 Å². The predicted octanol–water partition coefficient (Wildman–Crippen LogP) is -0.0123. The minimum atomic E-state index is -0.354. The first-order chi connectivity index (χ1) is 4.34. The summed E-state index contributed by atoms with van der Waals surface area (Å²) in [6, 6.07) is 0. The van der Waals surface area contributed by atoms with Gasteiger partial charge in [0.2, 0.25) is 0 Å². The number of nitrogens with zero attached hydrogens (tertiary/aromatic N) is 1. The third-order valence-corrected chi connectivity index (χ3v) is 1.70. The van der Waals surface area contributed by atoms with Crippen molar-refractivity contribution in [3.05, 3.63) is 0 Å². The Kier molecular flexibility index (Phi) is 4.60. The number of likely N-dealkylation sites (tertiary alicyclic amines) is 1. The van der Waals surface area contributed by atoms with Crippen LogP contribution < -0.4 is 5.73 Å². The highest BCUT2D eigenvalue weighted by molar-refractivity contribution is 5.85. The van der Waals surface area contributed by atoms with E-state index in [2.05, 4.69) is 0 Å². The Morgan fingerprint density at radius 1 is 1.40 bits per heavy atom. The van der Waals surface area contributed by atoms with Crippen molar-refractivity contribution >= 4 is 18.7 Å². The van der Waals surface area contributed by atoms with Gasteiger partial charge in [0.25, 0.3) is 0 Å². The van der Waals surface area contributed by atoms with E-state index in [-0.39, 0.29) is 18.6 Å². The zero-order chi connectivity index (χ0) is 6.69. The molecule has 0 radical (unpaired) electrons. The lowest BCUT2D eigenvalue weighted by Gasteiger charge is -2.16. The molecule has 0 aromatic carbocycles. The van der Waals surface area contributed by atoms with Crippen molar-refractivity contribution in [2.75, 3.05) is 13.1 Å². The Morgan fingerprint density at radius 2 is 1.90 bits per heavy atom. The molecule has 0 aromatic rings. The van der Waals surface area contributed by atoms with Crippen LogP contribution in [0.1, 0.15) is 12.8 Å². The average molecular weight is 165 g/mol. The smallest absolute Gasteiger partial charge is 0.151 e. The van der Waals surface area contributed by atoms with E-state index in [0.29, 0.717) is 0 Å². The molecule has 0 spiro atoms. The lowest BCUT2D eigenvalue weighted by molar-refractivity contribution is -0.111. The number of carbonyl (C=O) groups excluding carboxylic acids is 1. The molecule has 0 saturated carbocycles. The van der Waals surface area contributed by atoms with Gasteiger partial charge in [-0.15, -0.1) is 12.4 Å². The largest absolute Gasteiger partial charge is 0.310 e. The van der Waals surface area contributed by atoms with Crippen LogP contribution in [0.3, 0.4) is 0 Å². The third kappa shape index (κ3) is 2.25. The van der Waals surface area contributed by atoms with Crippen molar-refractivity contribution in [3.63, 3.8) is 0 Å². The maximum Gasteiger partial charge on any atom is 0.151 e. The number of aldehydes is 1. The van der Waals surface area contributed by atoms with Gasteiger partial charge in [-0.1, -0.05) is 0 Å². The van der Waals surface area contributed by atoms with Gasteiger partial charge >= 0.3 is 0 Å². The number of carbonyl (C=O) groups is 1. The molecule has 0 aliphatic carbocycles. The molecule has 1 aliphatic heterocycles. The van der Waals surface area contributed by atoms with Gasteiger partial charge in [-0.3, -0.25) is 4.90 Å². The molecule has 4 heteroatoms. The molecule has 1 aliphatic rings. The minimum Gasteiger partial charge on any atom is -0.310 e. The Morgan fingerprint density at radius 3 is 2.30 bits per heavy atom. The fourth-order valence-corrected chi connectivity index (χ4v) is 1.13. The van der Waals surface area contributed by atoms with Gasteiger partial charge < -0.3 is 10.5 Å². The summed E-state index contributed by atoms with van der Waals surface area (Å²) in [6.45, 7) is 1.97. The van der Waals surface area contributed by atoms with Crippen molar-refractivity contribution in [2.45, 2.75) is 19.0 Å². The monoisotopic (exact) mass is 164 g/mol. The Hall–Kier alpha value is -0.120. The van der Waals surface area contributed by atoms with Crippen LogP contribution in [0.4, 0.5) is 0 Å². The molecule has 3 nitrogen and oxygen atoms in total. The van der Waals surface area contributed by atoms with Crippen LogP contribution in [0, 0.1) is 0 Å². The van der Waals surface area contributed by atoms with E-state index >= 15 is 0 Å². The maximum absolute atomic E-state index is 10.1. The van der Waals surface area contributed by atoms with E-state index in [9.17, 15) is 4.79 Å². The summed E-state index contributed by atoms with van der Waals surface area (Å²) in [5, 5.41) is 0. The SMILES string of the molecule is Cl.NC(C=O)N1CCCC1. The van der Waals surface area contributed by atoms with Gasteiger partial charge in [0.15, 0.2) is 6.29 Å². The first-order valence-corrected chi connectivity index (χ1v) is 3.29. The molecule has 1 saturated heterocycles. The summed E-state index contributed by atoms with van der Waals surface area (Å²) in [5.74, 6) is 0. The molecule has 0 aromatic heterocycles. The van der Waals surface area contributed by atoms with Gasteiger partial charge in [-0.2, -0.15) is 0 Å². The number of hydrogen-bond donors (Lipinski definition) is 1. The maximum atomic E-state index is 10.1. The fourth-order valence-electron chi connectivity index (χ4n) is 1.13. The van der Waals surface area contributed by atoms with Crippen LogP contribution in [0.5, 0.6) is 0 Å². The highest BCUT2D eigenvalue weighted by Gasteiger charge is 2.16. The summed E-state index contributed by atoms with van der Waals surface area (Å²) in [5.41, 5.74) is 5.44. The zero-order valence-electron chi connectivity index (χ0n) is 5.82. The van der Waals surface area contributed by atoms with Crippen LogP contribution in [-0.4, -0.2) is 30.4 Å². The van der Waals surface area contributed by atoms with E-state index in [1.807, 2.05) is 4.90 Å². The predicted molar refractivity (Wildman–Crippen MR) is 42.1 cm³/mol. The quantitative estimate of drug-likeness (QED) is 0.584. The summed E-state index contributed by atoms with van der Waals surface area (Å²) in [4.78, 5) is 12.1. The van der Waals surface area contributed by atoms with Crippen LogP contribution in [0.15, 0.2) is 0 Å². The molecular formula is C6H13ClN2O. The summed E-state index contributed by atoms with van der Waals surface area (Å²) < 4.78 is 0. The standard InChI is InChI=1S/C6H12N2O.ClH/c7-6(5-9)8-3-1-2-4-8;/h5-6H,1-4,7H2;1H. The van der Waals surface area contributed by atoms with Gasteiger partial charge in [0.1, 0.15) is 6.17 Å².